The molecule has 1 aliphatic rings. The monoisotopic (exact) mass is 241 g/mol. The summed E-state index contributed by atoms with van der Waals surface area (Å²) in [5.74, 6) is 0.495. The van der Waals surface area contributed by atoms with E-state index < -0.39 is 0 Å². The van der Waals surface area contributed by atoms with Crippen molar-refractivity contribution in [3.63, 3.8) is 0 Å². The van der Waals surface area contributed by atoms with Gasteiger partial charge in [0.2, 0.25) is 0 Å². The van der Waals surface area contributed by atoms with Gasteiger partial charge in [-0.25, -0.2) is 0 Å². The number of nitrogens with one attached hydrogen (secondary N) is 1. The highest BCUT2D eigenvalue weighted by Gasteiger charge is 2.20. The van der Waals surface area contributed by atoms with Crippen LogP contribution >= 0.6 is 0 Å². The zero-order valence-electron chi connectivity index (χ0n) is 10.6. The van der Waals surface area contributed by atoms with Gasteiger partial charge in [-0.3, -0.25) is 5.43 Å². The van der Waals surface area contributed by atoms with Crippen molar-refractivity contribution in [1.82, 2.24) is 0 Å². The Bertz CT molecular complexity index is 431. The Morgan fingerprint density at radius 3 is 2.89 bits per heavy atom. The van der Waals surface area contributed by atoms with Gasteiger partial charge in [0, 0.05) is 18.1 Å². The molecule has 0 spiro atoms. The van der Waals surface area contributed by atoms with Gasteiger partial charge >= 0.3 is 0 Å². The Morgan fingerprint density at radius 2 is 2.11 bits per heavy atom. The summed E-state index contributed by atoms with van der Waals surface area (Å²) in [6.07, 6.45) is 6.31. The molecule has 3 heteroatoms. The summed E-state index contributed by atoms with van der Waals surface area (Å²) in [4.78, 5) is 0. The van der Waals surface area contributed by atoms with Gasteiger partial charge in [-0.05, 0) is 37.8 Å². The average molecular weight is 241 g/mol. The van der Waals surface area contributed by atoms with Crippen molar-refractivity contribution in [3.05, 3.63) is 30.3 Å². The Hall–Kier alpha value is -1.82. The Labute approximate surface area is 109 Å². The van der Waals surface area contributed by atoms with Crippen LogP contribution in [0, 0.1) is 17.2 Å². The van der Waals surface area contributed by atoms with E-state index in [0.29, 0.717) is 12.3 Å². The third kappa shape index (κ3) is 3.59. The number of nitrogens with zero attached hydrogens (tertiary/aromatic N) is 2. The number of nitriles is 1. The van der Waals surface area contributed by atoms with Crippen LogP contribution in [-0.4, -0.2) is 5.71 Å². The molecule has 0 saturated heterocycles. The zero-order valence-corrected chi connectivity index (χ0v) is 10.6. The first-order valence-corrected chi connectivity index (χ1v) is 6.64. The molecule has 18 heavy (non-hydrogen) atoms. The molecule has 1 aliphatic carbocycles. The number of hydrazone groups is 1. The highest BCUT2D eigenvalue weighted by atomic mass is 15.3. The third-order valence-corrected chi connectivity index (χ3v) is 3.41. The van der Waals surface area contributed by atoms with Crippen LogP contribution in [0.25, 0.3) is 0 Å². The number of benzene rings is 1. The first-order valence-electron chi connectivity index (χ1n) is 6.64. The first-order chi connectivity index (χ1) is 8.90. The summed E-state index contributed by atoms with van der Waals surface area (Å²) in [5, 5.41) is 13.2. The maximum atomic E-state index is 8.69. The van der Waals surface area contributed by atoms with Crippen LogP contribution in [0.1, 0.15) is 38.5 Å². The molecule has 1 atom stereocenters. The quantitative estimate of drug-likeness (QED) is 0.811. The minimum Gasteiger partial charge on any atom is -0.279 e. The van der Waals surface area contributed by atoms with Crippen molar-refractivity contribution in [2.24, 2.45) is 11.0 Å². The van der Waals surface area contributed by atoms with Crippen molar-refractivity contribution >= 4 is 11.4 Å². The van der Waals surface area contributed by atoms with Crippen molar-refractivity contribution in [3.8, 4) is 6.07 Å². The predicted octanol–water partition coefficient (Wildman–Crippen LogP) is 3.95. The first kappa shape index (κ1) is 12.6. The molecule has 0 heterocycles. The Morgan fingerprint density at radius 1 is 1.28 bits per heavy atom. The largest absolute Gasteiger partial charge is 0.279 e. The number of hydrogen-bond donors (Lipinski definition) is 1. The predicted molar refractivity (Wildman–Crippen MR) is 74.3 cm³/mol. The van der Waals surface area contributed by atoms with Gasteiger partial charge in [-0.2, -0.15) is 10.4 Å². The molecule has 0 bridgehead atoms. The second-order valence-corrected chi connectivity index (χ2v) is 4.72. The molecule has 0 amide bonds. The van der Waals surface area contributed by atoms with E-state index in [0.717, 1.165) is 18.5 Å². The lowest BCUT2D eigenvalue weighted by Gasteiger charge is -2.23. The van der Waals surface area contributed by atoms with Gasteiger partial charge in [0.15, 0.2) is 0 Å². The molecule has 1 fully saturated rings. The molecular weight excluding hydrogens is 222 g/mol. The van der Waals surface area contributed by atoms with Gasteiger partial charge in [-0.1, -0.05) is 24.6 Å². The van der Waals surface area contributed by atoms with Crippen LogP contribution in [0.2, 0.25) is 0 Å². The third-order valence-electron chi connectivity index (χ3n) is 3.41. The van der Waals surface area contributed by atoms with E-state index >= 15 is 0 Å². The summed E-state index contributed by atoms with van der Waals surface area (Å²) in [6.45, 7) is 0. The van der Waals surface area contributed by atoms with Crippen molar-refractivity contribution in [2.45, 2.75) is 38.5 Å². The van der Waals surface area contributed by atoms with Crippen molar-refractivity contribution < 1.29 is 0 Å². The second-order valence-electron chi connectivity index (χ2n) is 4.72. The van der Waals surface area contributed by atoms with Gasteiger partial charge in [0.25, 0.3) is 0 Å². The fraction of sp³-hybridized carbons (Fsp3) is 0.467. The standard InChI is InChI=1S/C15H19N3/c16-12-6-8-13-7-4-5-11-15(13)18-17-14-9-2-1-3-10-14/h1-3,9-10,13,17H,4-8,11H2. The Kier molecular flexibility index (Phi) is 4.78. The van der Waals surface area contributed by atoms with Gasteiger partial charge < -0.3 is 0 Å². The lowest BCUT2D eigenvalue weighted by molar-refractivity contribution is 0.501. The minimum absolute atomic E-state index is 0.495. The summed E-state index contributed by atoms with van der Waals surface area (Å²) >= 11 is 0. The van der Waals surface area contributed by atoms with Crippen LogP contribution in [0.4, 0.5) is 5.69 Å². The van der Waals surface area contributed by atoms with E-state index in [-0.39, 0.29) is 0 Å². The summed E-state index contributed by atoms with van der Waals surface area (Å²) < 4.78 is 0. The van der Waals surface area contributed by atoms with Crippen LogP contribution in [0.15, 0.2) is 35.4 Å². The maximum absolute atomic E-state index is 8.69. The molecule has 0 radical (unpaired) electrons. The second kappa shape index (κ2) is 6.80. The lowest BCUT2D eigenvalue weighted by Crippen LogP contribution is -2.20. The number of rotatable bonds is 4. The molecule has 2 rings (SSSR count). The molecule has 0 aromatic heterocycles. The summed E-state index contributed by atoms with van der Waals surface area (Å²) in [7, 11) is 0. The van der Waals surface area contributed by atoms with Crippen LogP contribution in [0.3, 0.4) is 0 Å². The van der Waals surface area contributed by atoms with E-state index in [2.05, 4.69) is 16.6 Å². The molecule has 1 aromatic carbocycles. The zero-order chi connectivity index (χ0) is 12.6. The molecule has 0 aliphatic heterocycles. The highest BCUT2D eigenvalue weighted by molar-refractivity contribution is 5.88. The van der Waals surface area contributed by atoms with Gasteiger partial charge in [0.1, 0.15) is 0 Å². The molecule has 1 aromatic rings. The smallest absolute Gasteiger partial charge is 0.0621 e. The van der Waals surface area contributed by atoms with E-state index in [9.17, 15) is 0 Å². The molecule has 1 saturated carbocycles. The van der Waals surface area contributed by atoms with Crippen molar-refractivity contribution in [1.29, 1.82) is 5.26 Å². The van der Waals surface area contributed by atoms with Crippen LogP contribution < -0.4 is 5.43 Å². The van der Waals surface area contributed by atoms with E-state index in [1.54, 1.807) is 0 Å². The number of anilines is 1. The fourth-order valence-corrected chi connectivity index (χ4v) is 2.41. The Balaban J connectivity index is 1.98. The van der Waals surface area contributed by atoms with E-state index in [1.807, 2.05) is 30.3 Å². The maximum Gasteiger partial charge on any atom is 0.0621 e. The van der Waals surface area contributed by atoms with E-state index in [4.69, 9.17) is 5.26 Å². The molecule has 3 nitrogen and oxygen atoms in total. The molecule has 94 valence electrons. The summed E-state index contributed by atoms with van der Waals surface area (Å²) in [6, 6.07) is 12.2. The minimum atomic E-state index is 0.495. The van der Waals surface area contributed by atoms with Gasteiger partial charge in [-0.15, -0.1) is 0 Å². The molecular formula is C15H19N3. The average Bonchev–Trinajstić information content (AvgIpc) is 2.45. The molecule has 1 N–H and O–H groups in total. The normalized spacial score (nSPS) is 21.5. The number of para-hydroxylation sites is 1. The SMILES string of the molecule is N#CCCC1CCCCC1=NNc1ccccc1. The molecule has 1 unspecified atom stereocenters. The van der Waals surface area contributed by atoms with Crippen molar-refractivity contribution in [2.75, 3.05) is 5.43 Å². The van der Waals surface area contributed by atoms with E-state index in [1.165, 1.54) is 25.0 Å². The highest BCUT2D eigenvalue weighted by Crippen LogP contribution is 2.25. The van der Waals surface area contributed by atoms with Crippen LogP contribution in [-0.2, 0) is 0 Å². The van der Waals surface area contributed by atoms with Gasteiger partial charge in [0.05, 0.1) is 11.8 Å². The van der Waals surface area contributed by atoms with Crippen LogP contribution in [0.5, 0.6) is 0 Å². The summed E-state index contributed by atoms with van der Waals surface area (Å²) in [5.41, 5.74) is 5.39. The number of hydrogen-bond acceptors (Lipinski definition) is 3. The topological polar surface area (TPSA) is 48.2 Å². The lowest BCUT2D eigenvalue weighted by atomic mass is 9.84. The fourth-order valence-electron chi connectivity index (χ4n) is 2.41.